The second-order valence-electron chi connectivity index (χ2n) is 6.85. The summed E-state index contributed by atoms with van der Waals surface area (Å²) in [6.07, 6.45) is 0. The molecule has 0 amide bonds. The lowest BCUT2D eigenvalue weighted by Gasteiger charge is -2.24. The zero-order valence-corrected chi connectivity index (χ0v) is 17.2. The van der Waals surface area contributed by atoms with Gasteiger partial charge in [-0.3, -0.25) is 9.69 Å². The second-order valence-corrected chi connectivity index (χ2v) is 8.15. The minimum atomic E-state index is -0.105. The van der Waals surface area contributed by atoms with Gasteiger partial charge in [0.05, 0.1) is 11.9 Å². The van der Waals surface area contributed by atoms with Crippen molar-refractivity contribution >= 4 is 33.2 Å². The first-order chi connectivity index (χ1) is 13.5. The van der Waals surface area contributed by atoms with Gasteiger partial charge in [-0.05, 0) is 37.2 Å². The Balaban J connectivity index is 1.63. The minimum absolute atomic E-state index is 0.105. The van der Waals surface area contributed by atoms with Gasteiger partial charge in [-0.1, -0.05) is 54.1 Å². The number of aromatic nitrogens is 2. The molecule has 0 spiro atoms. The lowest BCUT2D eigenvalue weighted by atomic mass is 10.1. The molecule has 1 atom stereocenters. The number of H-pyrrole nitrogens is 1. The van der Waals surface area contributed by atoms with Crippen LogP contribution in [0.5, 0.6) is 0 Å². The van der Waals surface area contributed by atoms with Gasteiger partial charge in [0.2, 0.25) is 0 Å². The van der Waals surface area contributed by atoms with Gasteiger partial charge in [-0.2, -0.15) is 0 Å². The second kappa shape index (κ2) is 7.87. The molecule has 142 valence electrons. The molecule has 0 saturated carbocycles. The average molecular weight is 410 g/mol. The SMILES string of the molecule is CC(c1ccccc1)N(C)Cc1nc2scc(-c3ccc(Cl)cc3)c2c(=O)[nH]1. The van der Waals surface area contributed by atoms with E-state index >= 15 is 0 Å². The Bertz CT molecular complexity index is 1150. The van der Waals surface area contributed by atoms with Crippen LogP contribution in [0.1, 0.15) is 24.4 Å². The quantitative estimate of drug-likeness (QED) is 0.473. The molecule has 4 nitrogen and oxygen atoms in total. The van der Waals surface area contributed by atoms with Crippen LogP contribution in [0.15, 0.2) is 64.8 Å². The Morgan fingerprint density at radius 3 is 2.57 bits per heavy atom. The monoisotopic (exact) mass is 409 g/mol. The molecule has 4 aromatic rings. The van der Waals surface area contributed by atoms with Crippen LogP contribution < -0.4 is 5.56 Å². The van der Waals surface area contributed by atoms with Gasteiger partial charge >= 0.3 is 0 Å². The lowest BCUT2D eigenvalue weighted by Crippen LogP contribution is -2.24. The number of hydrogen-bond acceptors (Lipinski definition) is 4. The molecule has 1 unspecified atom stereocenters. The number of hydrogen-bond donors (Lipinski definition) is 1. The smallest absolute Gasteiger partial charge is 0.260 e. The van der Waals surface area contributed by atoms with Gasteiger partial charge in [0, 0.05) is 22.0 Å². The van der Waals surface area contributed by atoms with E-state index in [1.807, 2.05) is 54.9 Å². The number of rotatable bonds is 5. The summed E-state index contributed by atoms with van der Waals surface area (Å²) in [7, 11) is 2.04. The Labute approximate surface area is 172 Å². The predicted octanol–water partition coefficient (Wildman–Crippen LogP) is 5.50. The zero-order valence-electron chi connectivity index (χ0n) is 15.6. The van der Waals surface area contributed by atoms with Crippen molar-refractivity contribution in [3.05, 3.63) is 86.7 Å². The van der Waals surface area contributed by atoms with Crippen molar-refractivity contribution in [3.63, 3.8) is 0 Å². The normalized spacial score (nSPS) is 12.6. The van der Waals surface area contributed by atoms with E-state index in [-0.39, 0.29) is 11.6 Å². The highest BCUT2D eigenvalue weighted by Crippen LogP contribution is 2.31. The average Bonchev–Trinajstić information content (AvgIpc) is 3.13. The Morgan fingerprint density at radius 2 is 1.86 bits per heavy atom. The van der Waals surface area contributed by atoms with Crippen LogP contribution in [0, 0.1) is 0 Å². The van der Waals surface area contributed by atoms with Crippen LogP contribution in [-0.2, 0) is 6.54 Å². The fraction of sp³-hybridized carbons (Fsp3) is 0.182. The predicted molar refractivity (Wildman–Crippen MR) is 117 cm³/mol. The van der Waals surface area contributed by atoms with Crippen LogP contribution in [0.2, 0.25) is 5.02 Å². The van der Waals surface area contributed by atoms with E-state index < -0.39 is 0 Å². The van der Waals surface area contributed by atoms with E-state index in [0.29, 0.717) is 22.8 Å². The third-order valence-corrected chi connectivity index (χ3v) is 6.11. The van der Waals surface area contributed by atoms with Crippen molar-refractivity contribution < 1.29 is 0 Å². The maximum atomic E-state index is 12.8. The molecule has 0 fully saturated rings. The summed E-state index contributed by atoms with van der Waals surface area (Å²) >= 11 is 7.47. The highest BCUT2D eigenvalue weighted by molar-refractivity contribution is 7.17. The van der Waals surface area contributed by atoms with E-state index in [9.17, 15) is 4.79 Å². The van der Waals surface area contributed by atoms with Crippen LogP contribution in [0.4, 0.5) is 0 Å². The molecular weight excluding hydrogens is 390 g/mol. The summed E-state index contributed by atoms with van der Waals surface area (Å²) in [4.78, 5) is 23.4. The largest absolute Gasteiger partial charge is 0.309 e. The van der Waals surface area contributed by atoms with E-state index in [4.69, 9.17) is 16.6 Å². The Kier molecular flexibility index (Phi) is 5.31. The van der Waals surface area contributed by atoms with Crippen LogP contribution in [0.25, 0.3) is 21.3 Å². The van der Waals surface area contributed by atoms with Gasteiger partial charge in [-0.25, -0.2) is 4.98 Å². The summed E-state index contributed by atoms with van der Waals surface area (Å²) < 4.78 is 0. The lowest BCUT2D eigenvalue weighted by molar-refractivity contribution is 0.247. The Hall–Kier alpha value is -2.47. The van der Waals surface area contributed by atoms with Crippen molar-refractivity contribution in [2.24, 2.45) is 0 Å². The molecule has 0 bridgehead atoms. The molecule has 0 aliphatic rings. The molecule has 2 heterocycles. The molecule has 0 aliphatic carbocycles. The minimum Gasteiger partial charge on any atom is -0.309 e. The molecular formula is C22H20ClN3OS. The summed E-state index contributed by atoms with van der Waals surface area (Å²) in [5.41, 5.74) is 2.98. The van der Waals surface area contributed by atoms with Crippen molar-refractivity contribution in [1.29, 1.82) is 0 Å². The topological polar surface area (TPSA) is 49.0 Å². The fourth-order valence-corrected chi connectivity index (χ4v) is 4.36. The molecule has 6 heteroatoms. The molecule has 2 aromatic heterocycles. The highest BCUT2D eigenvalue weighted by Gasteiger charge is 2.16. The molecule has 0 aliphatic heterocycles. The number of benzene rings is 2. The molecule has 1 N–H and O–H groups in total. The van der Waals surface area contributed by atoms with Crippen LogP contribution >= 0.6 is 22.9 Å². The first kappa shape index (κ1) is 18.9. The number of thiophene rings is 1. The maximum absolute atomic E-state index is 12.8. The van der Waals surface area contributed by atoms with Crippen molar-refractivity contribution in [1.82, 2.24) is 14.9 Å². The molecule has 4 rings (SSSR count). The summed E-state index contributed by atoms with van der Waals surface area (Å²) in [6, 6.07) is 18.0. The zero-order chi connectivity index (χ0) is 19.7. The standard InChI is InChI=1S/C22H20ClN3OS/c1-14(15-6-4-3-5-7-15)26(2)12-19-24-21(27)20-18(13-28-22(20)25-19)16-8-10-17(23)11-9-16/h3-11,13-14H,12H2,1-2H3,(H,24,25,27). The first-order valence-electron chi connectivity index (χ1n) is 9.04. The molecule has 0 saturated heterocycles. The van der Waals surface area contributed by atoms with Crippen molar-refractivity contribution in [2.45, 2.75) is 19.5 Å². The third kappa shape index (κ3) is 3.74. The van der Waals surface area contributed by atoms with E-state index in [1.165, 1.54) is 16.9 Å². The summed E-state index contributed by atoms with van der Waals surface area (Å²) in [6.45, 7) is 2.71. The maximum Gasteiger partial charge on any atom is 0.260 e. The number of nitrogens with one attached hydrogen (secondary N) is 1. The summed E-state index contributed by atoms with van der Waals surface area (Å²) in [5.74, 6) is 0.673. The van der Waals surface area contributed by atoms with E-state index in [1.54, 1.807) is 0 Å². The van der Waals surface area contributed by atoms with Crippen LogP contribution in [0.3, 0.4) is 0 Å². The van der Waals surface area contributed by atoms with Gasteiger partial charge in [0.25, 0.3) is 5.56 Å². The van der Waals surface area contributed by atoms with E-state index in [0.717, 1.165) is 16.0 Å². The fourth-order valence-electron chi connectivity index (χ4n) is 3.27. The van der Waals surface area contributed by atoms with Gasteiger partial charge in [0.15, 0.2) is 0 Å². The van der Waals surface area contributed by atoms with Crippen LogP contribution in [-0.4, -0.2) is 21.9 Å². The molecule has 0 radical (unpaired) electrons. The van der Waals surface area contributed by atoms with Crippen molar-refractivity contribution in [2.75, 3.05) is 7.05 Å². The van der Waals surface area contributed by atoms with Crippen molar-refractivity contribution in [3.8, 4) is 11.1 Å². The molecule has 28 heavy (non-hydrogen) atoms. The molecule has 2 aromatic carbocycles. The summed E-state index contributed by atoms with van der Waals surface area (Å²) in [5, 5.41) is 3.29. The van der Waals surface area contributed by atoms with Gasteiger partial charge < -0.3 is 4.98 Å². The number of aromatic amines is 1. The van der Waals surface area contributed by atoms with Gasteiger partial charge in [0.1, 0.15) is 10.7 Å². The number of nitrogens with zero attached hydrogens (tertiary/aromatic N) is 2. The number of halogens is 1. The van der Waals surface area contributed by atoms with E-state index in [2.05, 4.69) is 28.9 Å². The highest BCUT2D eigenvalue weighted by atomic mass is 35.5. The number of fused-ring (bicyclic) bond motifs is 1. The van der Waals surface area contributed by atoms with Gasteiger partial charge in [-0.15, -0.1) is 11.3 Å². The third-order valence-electron chi connectivity index (χ3n) is 4.99. The first-order valence-corrected chi connectivity index (χ1v) is 10.3. The Morgan fingerprint density at radius 1 is 1.14 bits per heavy atom.